The zero-order valence-corrected chi connectivity index (χ0v) is 19.5. The van der Waals surface area contributed by atoms with E-state index in [1.807, 2.05) is 24.2 Å². The van der Waals surface area contributed by atoms with Crippen molar-refractivity contribution in [2.45, 2.75) is 39.2 Å². The van der Waals surface area contributed by atoms with Crippen LogP contribution in [0.2, 0.25) is 0 Å². The molecule has 2 aliphatic rings. The fraction of sp³-hybridized carbons (Fsp3) is 0.600. The van der Waals surface area contributed by atoms with Crippen LogP contribution in [0.3, 0.4) is 0 Å². The van der Waals surface area contributed by atoms with E-state index in [4.69, 9.17) is 9.47 Å². The lowest BCUT2D eigenvalue weighted by Crippen LogP contribution is -2.41. The Morgan fingerprint density at radius 2 is 1.91 bits per heavy atom. The standard InChI is InChI=1S/C25H36N4O3/c1-3-14-32-24-7-5-4-6-21(24)18-28-10-8-20(9-11-28)17-23-22(19-27(2)26-23)25(30)29-12-15-31-16-13-29/h4-7,19-20H,3,8-18H2,1-2H3. The molecule has 1 aromatic carbocycles. The topological polar surface area (TPSA) is 59.8 Å². The lowest BCUT2D eigenvalue weighted by Gasteiger charge is -2.32. The van der Waals surface area contributed by atoms with Gasteiger partial charge in [-0.2, -0.15) is 5.10 Å². The lowest BCUT2D eigenvalue weighted by atomic mass is 9.91. The molecule has 0 aliphatic carbocycles. The van der Waals surface area contributed by atoms with Crippen LogP contribution in [0.1, 0.15) is 47.8 Å². The van der Waals surface area contributed by atoms with Crippen molar-refractivity contribution in [3.8, 4) is 5.75 Å². The molecule has 3 heterocycles. The highest BCUT2D eigenvalue weighted by atomic mass is 16.5. The molecule has 1 aromatic heterocycles. The molecule has 32 heavy (non-hydrogen) atoms. The van der Waals surface area contributed by atoms with E-state index in [0.717, 1.165) is 68.9 Å². The maximum absolute atomic E-state index is 13.0. The summed E-state index contributed by atoms with van der Waals surface area (Å²) >= 11 is 0. The minimum atomic E-state index is 0.0949. The van der Waals surface area contributed by atoms with Gasteiger partial charge in [0.2, 0.25) is 0 Å². The third-order valence-corrected chi connectivity index (χ3v) is 6.45. The predicted molar refractivity (Wildman–Crippen MR) is 124 cm³/mol. The smallest absolute Gasteiger partial charge is 0.257 e. The zero-order chi connectivity index (χ0) is 22.3. The van der Waals surface area contributed by atoms with Crippen LogP contribution < -0.4 is 4.74 Å². The fourth-order valence-corrected chi connectivity index (χ4v) is 4.65. The number of hydrogen-bond acceptors (Lipinski definition) is 5. The summed E-state index contributed by atoms with van der Waals surface area (Å²) < 4.78 is 13.1. The van der Waals surface area contributed by atoms with Crippen LogP contribution in [0.15, 0.2) is 30.5 Å². The van der Waals surface area contributed by atoms with E-state index in [2.05, 4.69) is 35.1 Å². The first-order chi connectivity index (χ1) is 15.6. The largest absolute Gasteiger partial charge is 0.493 e. The van der Waals surface area contributed by atoms with E-state index in [9.17, 15) is 4.79 Å². The molecular weight excluding hydrogens is 404 g/mol. The third kappa shape index (κ3) is 5.70. The average Bonchev–Trinajstić information content (AvgIpc) is 3.19. The quantitative estimate of drug-likeness (QED) is 0.631. The monoisotopic (exact) mass is 440 g/mol. The molecule has 7 heteroatoms. The Bertz CT molecular complexity index is 883. The summed E-state index contributed by atoms with van der Waals surface area (Å²) in [5.74, 6) is 1.66. The molecule has 0 N–H and O–H groups in total. The molecule has 2 aromatic rings. The number of ether oxygens (including phenoxy) is 2. The number of aromatic nitrogens is 2. The normalized spacial score (nSPS) is 18.1. The van der Waals surface area contributed by atoms with Crippen LogP contribution in [0.25, 0.3) is 0 Å². The van der Waals surface area contributed by atoms with Crippen molar-refractivity contribution >= 4 is 5.91 Å². The fourth-order valence-electron chi connectivity index (χ4n) is 4.65. The minimum Gasteiger partial charge on any atom is -0.493 e. The Hall–Kier alpha value is -2.38. The number of morpholine rings is 1. The van der Waals surface area contributed by atoms with Gasteiger partial charge in [0.05, 0.1) is 31.1 Å². The molecule has 2 fully saturated rings. The number of piperidine rings is 1. The molecule has 4 rings (SSSR count). The Balaban J connectivity index is 1.33. The van der Waals surface area contributed by atoms with Crippen LogP contribution in [-0.4, -0.2) is 71.5 Å². The maximum atomic E-state index is 13.0. The van der Waals surface area contributed by atoms with Gasteiger partial charge in [-0.05, 0) is 50.8 Å². The van der Waals surface area contributed by atoms with Gasteiger partial charge in [-0.1, -0.05) is 25.1 Å². The van der Waals surface area contributed by atoms with Crippen LogP contribution >= 0.6 is 0 Å². The Morgan fingerprint density at radius 3 is 2.66 bits per heavy atom. The summed E-state index contributed by atoms with van der Waals surface area (Å²) in [6.45, 7) is 8.50. The van der Waals surface area contributed by atoms with Crippen LogP contribution in [0.4, 0.5) is 0 Å². The molecule has 0 spiro atoms. The molecule has 0 unspecified atom stereocenters. The van der Waals surface area contributed by atoms with Gasteiger partial charge in [-0.25, -0.2) is 0 Å². The SMILES string of the molecule is CCCOc1ccccc1CN1CCC(Cc2nn(C)cc2C(=O)N2CCOCC2)CC1. The van der Waals surface area contributed by atoms with Gasteiger partial charge in [0.15, 0.2) is 0 Å². The number of hydrogen-bond donors (Lipinski definition) is 0. The second kappa shape index (κ2) is 11.0. The van der Waals surface area contributed by atoms with Gasteiger partial charge in [0.1, 0.15) is 5.75 Å². The zero-order valence-electron chi connectivity index (χ0n) is 19.5. The van der Waals surface area contributed by atoms with E-state index >= 15 is 0 Å². The number of aryl methyl sites for hydroxylation is 1. The van der Waals surface area contributed by atoms with Crippen LogP contribution in [-0.2, 0) is 24.8 Å². The Kier molecular flexibility index (Phi) is 7.81. The Morgan fingerprint density at radius 1 is 1.16 bits per heavy atom. The number of amides is 1. The number of para-hydroxylation sites is 1. The van der Waals surface area contributed by atoms with E-state index < -0.39 is 0 Å². The molecule has 1 amide bonds. The molecular formula is C25H36N4O3. The van der Waals surface area contributed by atoms with Crippen molar-refractivity contribution in [2.24, 2.45) is 13.0 Å². The summed E-state index contributed by atoms with van der Waals surface area (Å²) in [7, 11) is 1.90. The van der Waals surface area contributed by atoms with Crippen LogP contribution in [0.5, 0.6) is 5.75 Å². The first-order valence-electron chi connectivity index (χ1n) is 12.0. The summed E-state index contributed by atoms with van der Waals surface area (Å²) in [6.07, 6.45) is 6.02. The van der Waals surface area contributed by atoms with Crippen molar-refractivity contribution in [1.82, 2.24) is 19.6 Å². The summed E-state index contributed by atoms with van der Waals surface area (Å²) in [4.78, 5) is 17.4. The summed E-state index contributed by atoms with van der Waals surface area (Å²) in [5.41, 5.74) is 2.97. The predicted octanol–water partition coefficient (Wildman–Crippen LogP) is 3.14. The van der Waals surface area contributed by atoms with Crippen molar-refractivity contribution in [1.29, 1.82) is 0 Å². The molecule has 2 saturated heterocycles. The molecule has 174 valence electrons. The minimum absolute atomic E-state index is 0.0949. The average molecular weight is 441 g/mol. The lowest BCUT2D eigenvalue weighted by molar-refractivity contribution is 0.0302. The maximum Gasteiger partial charge on any atom is 0.257 e. The number of nitrogens with zero attached hydrogens (tertiary/aromatic N) is 4. The van der Waals surface area contributed by atoms with E-state index in [0.29, 0.717) is 32.2 Å². The summed E-state index contributed by atoms with van der Waals surface area (Å²) in [5, 5.41) is 4.66. The first kappa shape index (κ1) is 22.8. The first-order valence-corrected chi connectivity index (χ1v) is 12.0. The van der Waals surface area contributed by atoms with Gasteiger partial charge in [0, 0.05) is 38.4 Å². The van der Waals surface area contributed by atoms with Gasteiger partial charge in [0.25, 0.3) is 5.91 Å². The van der Waals surface area contributed by atoms with Crippen molar-refractivity contribution in [3.63, 3.8) is 0 Å². The van der Waals surface area contributed by atoms with Gasteiger partial charge < -0.3 is 14.4 Å². The second-order valence-electron chi connectivity index (χ2n) is 8.95. The number of carbonyl (C=O) groups excluding carboxylic acids is 1. The highest BCUT2D eigenvalue weighted by molar-refractivity contribution is 5.95. The molecule has 7 nitrogen and oxygen atoms in total. The van der Waals surface area contributed by atoms with Crippen molar-refractivity contribution < 1.29 is 14.3 Å². The third-order valence-electron chi connectivity index (χ3n) is 6.45. The van der Waals surface area contributed by atoms with E-state index in [1.165, 1.54) is 5.56 Å². The van der Waals surface area contributed by atoms with Gasteiger partial charge in [-0.3, -0.25) is 14.4 Å². The summed E-state index contributed by atoms with van der Waals surface area (Å²) in [6, 6.07) is 8.39. The number of benzene rings is 1. The molecule has 0 saturated carbocycles. The number of carbonyl (C=O) groups is 1. The van der Waals surface area contributed by atoms with Gasteiger partial charge >= 0.3 is 0 Å². The second-order valence-corrected chi connectivity index (χ2v) is 8.95. The molecule has 2 aliphatic heterocycles. The van der Waals surface area contributed by atoms with Crippen LogP contribution in [0, 0.1) is 5.92 Å². The van der Waals surface area contributed by atoms with Gasteiger partial charge in [-0.15, -0.1) is 0 Å². The van der Waals surface area contributed by atoms with E-state index in [-0.39, 0.29) is 5.91 Å². The molecule has 0 atom stereocenters. The molecule has 0 radical (unpaired) electrons. The highest BCUT2D eigenvalue weighted by Gasteiger charge is 2.27. The highest BCUT2D eigenvalue weighted by Crippen LogP contribution is 2.26. The van der Waals surface area contributed by atoms with E-state index in [1.54, 1.807) is 4.68 Å². The number of likely N-dealkylation sites (tertiary alicyclic amines) is 1. The number of rotatable bonds is 8. The van der Waals surface area contributed by atoms with Crippen molar-refractivity contribution in [3.05, 3.63) is 47.3 Å². The van der Waals surface area contributed by atoms with Crippen molar-refractivity contribution in [2.75, 3.05) is 46.0 Å². The Labute approximate surface area is 191 Å². The molecule has 0 bridgehead atoms.